The van der Waals surface area contributed by atoms with Crippen LogP contribution >= 0.6 is 0 Å². The van der Waals surface area contributed by atoms with Gasteiger partial charge in [-0.15, -0.1) is 0 Å². The van der Waals surface area contributed by atoms with Gasteiger partial charge in [0.2, 0.25) is 0 Å². The maximum absolute atomic E-state index is 12.2. The van der Waals surface area contributed by atoms with E-state index >= 15 is 0 Å². The summed E-state index contributed by atoms with van der Waals surface area (Å²) in [6.07, 6.45) is -1.75. The van der Waals surface area contributed by atoms with Crippen molar-refractivity contribution in [1.82, 2.24) is 0 Å². The average molecular weight is 356 g/mol. The van der Waals surface area contributed by atoms with Crippen molar-refractivity contribution in [3.05, 3.63) is 71.8 Å². The van der Waals surface area contributed by atoms with Crippen molar-refractivity contribution in [1.29, 1.82) is 0 Å². The lowest BCUT2D eigenvalue weighted by Gasteiger charge is -2.23. The second-order valence-electron chi connectivity index (χ2n) is 6.12. The summed E-state index contributed by atoms with van der Waals surface area (Å²) in [7, 11) is 0. The van der Waals surface area contributed by atoms with Gasteiger partial charge in [-0.1, -0.05) is 67.6 Å². The molecule has 0 heterocycles. The number of benzene rings is 2. The number of aliphatic hydroxyl groups excluding tert-OH is 1. The van der Waals surface area contributed by atoms with Gasteiger partial charge in [0.15, 0.2) is 12.1 Å². The largest absolute Gasteiger partial charge is 0.389 e. The van der Waals surface area contributed by atoms with Crippen molar-refractivity contribution in [2.75, 3.05) is 6.61 Å². The number of carbonyl (C=O) groups is 2. The monoisotopic (exact) mass is 356 g/mol. The minimum atomic E-state index is -1.22. The minimum Gasteiger partial charge on any atom is -0.389 e. The molecule has 0 radical (unpaired) electrons. The molecule has 0 saturated heterocycles. The third-order valence-corrected chi connectivity index (χ3v) is 4.13. The highest BCUT2D eigenvalue weighted by Crippen LogP contribution is 2.13. The number of Topliss-reactive ketones (excluding diaryl/α,β-unsaturated/α-hetero) is 1. The highest BCUT2D eigenvalue weighted by molar-refractivity contribution is 5.83. The van der Waals surface area contributed by atoms with Crippen LogP contribution in [0.5, 0.6) is 0 Å². The molecule has 5 nitrogen and oxygen atoms in total. The Hall–Kier alpha value is -2.34. The normalized spacial score (nSPS) is 14.4. The van der Waals surface area contributed by atoms with E-state index in [-0.39, 0.29) is 19.0 Å². The highest BCUT2D eigenvalue weighted by atomic mass is 16.5. The van der Waals surface area contributed by atoms with Crippen molar-refractivity contribution in [2.24, 2.45) is 5.92 Å². The van der Waals surface area contributed by atoms with Gasteiger partial charge < -0.3 is 19.4 Å². The zero-order valence-corrected chi connectivity index (χ0v) is 14.8. The molecular formula is C21H24O5. The molecular weight excluding hydrogens is 332 g/mol. The van der Waals surface area contributed by atoms with E-state index in [9.17, 15) is 14.7 Å². The fourth-order valence-corrected chi connectivity index (χ4v) is 2.44. The van der Waals surface area contributed by atoms with E-state index in [1.54, 1.807) is 6.92 Å². The third-order valence-electron chi connectivity index (χ3n) is 4.13. The van der Waals surface area contributed by atoms with Gasteiger partial charge in [0.05, 0.1) is 19.3 Å². The van der Waals surface area contributed by atoms with Crippen LogP contribution in [0.25, 0.3) is 0 Å². The van der Waals surface area contributed by atoms with Crippen LogP contribution in [0.15, 0.2) is 60.7 Å². The number of aliphatic hydroxyl groups is 1. The molecule has 1 N–H and O–H groups in total. The summed E-state index contributed by atoms with van der Waals surface area (Å²) in [6, 6.07) is 18.8. The lowest BCUT2D eigenvalue weighted by molar-refractivity contribution is -0.140. The van der Waals surface area contributed by atoms with Crippen LogP contribution in [0.3, 0.4) is 0 Å². The van der Waals surface area contributed by atoms with Gasteiger partial charge in [0.1, 0.15) is 12.7 Å². The standard InChI is InChI=1S/C21H24O5/c1-16(19(23)15-25-13-17-8-4-2-5-9-17)21(24)20(12-22)26-14-18-10-6-3-7-11-18/h2-12,16,20-21,24H,13-15H2,1H3. The topological polar surface area (TPSA) is 72.8 Å². The molecule has 0 aromatic heterocycles. The smallest absolute Gasteiger partial charge is 0.163 e. The Morgan fingerprint density at radius 1 is 1.00 bits per heavy atom. The minimum absolute atomic E-state index is 0.128. The number of hydrogen-bond donors (Lipinski definition) is 1. The molecule has 0 saturated carbocycles. The Morgan fingerprint density at radius 3 is 2.08 bits per heavy atom. The van der Waals surface area contributed by atoms with Gasteiger partial charge >= 0.3 is 0 Å². The predicted octanol–water partition coefficient (Wildman–Crippen LogP) is 2.55. The van der Waals surface area contributed by atoms with Crippen molar-refractivity contribution in [3.63, 3.8) is 0 Å². The van der Waals surface area contributed by atoms with Crippen molar-refractivity contribution < 1.29 is 24.2 Å². The summed E-state index contributed by atoms with van der Waals surface area (Å²) in [6.45, 7) is 1.95. The van der Waals surface area contributed by atoms with Crippen molar-refractivity contribution >= 4 is 12.1 Å². The van der Waals surface area contributed by atoms with E-state index in [1.165, 1.54) is 0 Å². The van der Waals surface area contributed by atoms with Gasteiger partial charge in [-0.05, 0) is 11.1 Å². The number of hydrogen-bond acceptors (Lipinski definition) is 5. The van der Waals surface area contributed by atoms with Gasteiger partial charge in [0, 0.05) is 5.92 Å². The Balaban J connectivity index is 1.80. The summed E-state index contributed by atoms with van der Waals surface area (Å²) in [5.74, 6) is -1.04. The molecule has 0 aliphatic rings. The van der Waals surface area contributed by atoms with Gasteiger partial charge in [-0.3, -0.25) is 4.79 Å². The van der Waals surface area contributed by atoms with E-state index in [1.807, 2.05) is 60.7 Å². The first-order chi connectivity index (χ1) is 12.6. The number of aldehydes is 1. The van der Waals surface area contributed by atoms with E-state index in [2.05, 4.69) is 0 Å². The molecule has 2 rings (SSSR count). The van der Waals surface area contributed by atoms with E-state index < -0.39 is 18.1 Å². The lowest BCUT2D eigenvalue weighted by Crippen LogP contribution is -2.40. The predicted molar refractivity (Wildman–Crippen MR) is 97.4 cm³/mol. The third kappa shape index (κ3) is 6.19. The van der Waals surface area contributed by atoms with Crippen LogP contribution in [-0.2, 0) is 32.3 Å². The molecule has 138 valence electrons. The number of rotatable bonds is 11. The van der Waals surface area contributed by atoms with Crippen LogP contribution in [0.1, 0.15) is 18.1 Å². The summed E-state index contributed by atoms with van der Waals surface area (Å²) in [5, 5.41) is 10.3. The maximum Gasteiger partial charge on any atom is 0.163 e. The van der Waals surface area contributed by atoms with Crippen molar-refractivity contribution in [3.8, 4) is 0 Å². The first-order valence-corrected chi connectivity index (χ1v) is 8.55. The molecule has 2 aromatic carbocycles. The zero-order valence-electron chi connectivity index (χ0n) is 14.8. The van der Waals surface area contributed by atoms with E-state index in [4.69, 9.17) is 9.47 Å². The van der Waals surface area contributed by atoms with E-state index in [0.29, 0.717) is 12.9 Å². The second-order valence-corrected chi connectivity index (χ2v) is 6.12. The first kappa shape index (κ1) is 20.0. The Kier molecular flexibility index (Phi) is 8.15. The molecule has 3 atom stereocenters. The molecule has 0 aliphatic heterocycles. The molecule has 0 fully saturated rings. The number of ketones is 1. The number of ether oxygens (including phenoxy) is 2. The lowest BCUT2D eigenvalue weighted by atomic mass is 9.96. The van der Waals surface area contributed by atoms with Crippen LogP contribution < -0.4 is 0 Å². The summed E-state index contributed by atoms with van der Waals surface area (Å²) in [5.41, 5.74) is 1.85. The Morgan fingerprint density at radius 2 is 1.54 bits per heavy atom. The summed E-state index contributed by atoms with van der Waals surface area (Å²) in [4.78, 5) is 23.5. The SMILES string of the molecule is CC(C(=O)COCc1ccccc1)C(O)C(C=O)OCc1ccccc1. The molecule has 3 unspecified atom stereocenters. The van der Waals surface area contributed by atoms with Crippen LogP contribution in [-0.4, -0.2) is 36.0 Å². The highest BCUT2D eigenvalue weighted by Gasteiger charge is 2.30. The second kappa shape index (κ2) is 10.6. The van der Waals surface area contributed by atoms with Crippen LogP contribution in [0.4, 0.5) is 0 Å². The zero-order chi connectivity index (χ0) is 18.8. The maximum atomic E-state index is 12.2. The van der Waals surface area contributed by atoms with Gasteiger partial charge in [-0.2, -0.15) is 0 Å². The molecule has 0 spiro atoms. The first-order valence-electron chi connectivity index (χ1n) is 8.55. The molecule has 5 heteroatoms. The van der Waals surface area contributed by atoms with E-state index in [0.717, 1.165) is 11.1 Å². The van der Waals surface area contributed by atoms with Crippen LogP contribution in [0, 0.1) is 5.92 Å². The molecule has 26 heavy (non-hydrogen) atoms. The summed E-state index contributed by atoms with van der Waals surface area (Å²) < 4.78 is 10.9. The van der Waals surface area contributed by atoms with Crippen molar-refractivity contribution in [2.45, 2.75) is 32.3 Å². The van der Waals surface area contributed by atoms with Gasteiger partial charge in [0.25, 0.3) is 0 Å². The quantitative estimate of drug-likeness (QED) is 0.627. The number of carbonyl (C=O) groups excluding carboxylic acids is 2. The Labute approximate surface area is 153 Å². The van der Waals surface area contributed by atoms with Gasteiger partial charge in [-0.25, -0.2) is 0 Å². The Bertz CT molecular complexity index is 671. The van der Waals surface area contributed by atoms with Crippen LogP contribution in [0.2, 0.25) is 0 Å². The summed E-state index contributed by atoms with van der Waals surface area (Å²) >= 11 is 0. The molecule has 2 aromatic rings. The molecule has 0 bridgehead atoms. The fraction of sp³-hybridized carbons (Fsp3) is 0.333. The molecule has 0 aliphatic carbocycles. The molecule has 0 amide bonds. The average Bonchev–Trinajstić information content (AvgIpc) is 2.69. The fourth-order valence-electron chi connectivity index (χ4n) is 2.44.